The fraction of sp³-hybridized carbons (Fsp3) is 0.679. The van der Waals surface area contributed by atoms with Gasteiger partial charge in [0.2, 0.25) is 0 Å². The highest BCUT2D eigenvalue weighted by Crippen LogP contribution is 2.41. The Morgan fingerprint density at radius 2 is 0.687 bits per heavy atom. The number of hydrogen-bond donors (Lipinski definition) is 1. The van der Waals surface area contributed by atoms with E-state index in [0.29, 0.717) is 19.3 Å². The van der Waals surface area contributed by atoms with E-state index in [4.69, 9.17) is 52.1 Å². The van der Waals surface area contributed by atoms with Crippen molar-refractivity contribution in [2.24, 2.45) is 5.92 Å². The number of rotatable bonds is 48. The molecule has 0 bridgehead atoms. The zero-order valence-electron chi connectivity index (χ0n) is 61.0. The van der Waals surface area contributed by atoms with E-state index < -0.39 is 74.0 Å². The van der Waals surface area contributed by atoms with Gasteiger partial charge in [-0.15, -0.1) is 0 Å². The third-order valence-electron chi connectivity index (χ3n) is 19.4. The highest BCUT2D eigenvalue weighted by molar-refractivity contribution is 5.70. The molecule has 99 heavy (non-hydrogen) atoms. The highest BCUT2D eigenvalue weighted by Gasteiger charge is 2.51. The quantitative estimate of drug-likeness (QED) is 0.0251. The molecule has 4 aliphatic heterocycles. The summed E-state index contributed by atoms with van der Waals surface area (Å²) in [5.41, 5.74) is 3.42. The number of esters is 3. The van der Waals surface area contributed by atoms with Crippen LogP contribution >= 0.6 is 0 Å². The minimum atomic E-state index is -1.07. The van der Waals surface area contributed by atoms with E-state index >= 15 is 0 Å². The third-order valence-corrected chi connectivity index (χ3v) is 19.4. The van der Waals surface area contributed by atoms with Crippen molar-refractivity contribution in [3.8, 4) is 0 Å². The van der Waals surface area contributed by atoms with Gasteiger partial charge in [-0.1, -0.05) is 342 Å². The van der Waals surface area contributed by atoms with Gasteiger partial charge < -0.3 is 57.2 Å². The Labute approximate surface area is 595 Å². The van der Waals surface area contributed by atoms with Gasteiger partial charge in [0.1, 0.15) is 55.9 Å². The molecule has 0 aromatic heterocycles. The summed E-state index contributed by atoms with van der Waals surface area (Å²) >= 11 is 0. The topological polar surface area (TPSA) is 173 Å². The molecule has 4 aromatic rings. The molecule has 8 rings (SSSR count). The summed E-state index contributed by atoms with van der Waals surface area (Å²) in [6.07, 6.45) is 32.9. The zero-order valence-corrected chi connectivity index (χ0v) is 61.0. The van der Waals surface area contributed by atoms with Crippen LogP contribution in [0.5, 0.6) is 0 Å². The lowest BCUT2D eigenvalue weighted by Gasteiger charge is -2.47. The van der Waals surface area contributed by atoms with E-state index in [1.807, 2.05) is 121 Å². The van der Waals surface area contributed by atoms with Crippen LogP contribution in [0, 0.1) is 5.92 Å². The second-order valence-corrected chi connectivity index (χ2v) is 28.4. The fourth-order valence-corrected chi connectivity index (χ4v) is 13.6. The number of carbonyl (C=O) groups excluding carboxylic acids is 3. The number of aliphatic hydroxyl groups is 1. The predicted octanol–water partition coefficient (Wildman–Crippen LogP) is 20.3. The van der Waals surface area contributed by atoms with Gasteiger partial charge in [-0.25, -0.2) is 0 Å². The second-order valence-electron chi connectivity index (χ2n) is 28.4. The zero-order chi connectivity index (χ0) is 69.8. The first-order valence-corrected chi connectivity index (χ1v) is 39.1. The van der Waals surface area contributed by atoms with Gasteiger partial charge in [0.15, 0.2) is 31.3 Å². The van der Waals surface area contributed by atoms with Crippen LogP contribution in [0.3, 0.4) is 0 Å². The summed E-state index contributed by atoms with van der Waals surface area (Å²) in [5.74, 6) is -0.0951. The molecule has 12 unspecified atom stereocenters. The van der Waals surface area contributed by atoms with Crippen molar-refractivity contribution in [2.75, 3.05) is 26.4 Å². The van der Waals surface area contributed by atoms with E-state index in [2.05, 4.69) is 27.7 Å². The highest BCUT2D eigenvalue weighted by atomic mass is 16.8. The van der Waals surface area contributed by atoms with Gasteiger partial charge >= 0.3 is 17.9 Å². The van der Waals surface area contributed by atoms with E-state index in [9.17, 15) is 19.5 Å². The molecule has 0 spiro atoms. The predicted molar refractivity (Wildman–Crippen MR) is 388 cm³/mol. The molecule has 12 atom stereocenters. The van der Waals surface area contributed by atoms with E-state index in [1.54, 1.807) is 0 Å². The second kappa shape index (κ2) is 49.5. The van der Waals surface area contributed by atoms with Gasteiger partial charge in [0.25, 0.3) is 0 Å². The number of carbonyl (C=O) groups is 3. The molecule has 552 valence electrons. The molecular weight excluding hydrogens is 1250 g/mol. The normalized spacial score (nSPS) is 22.6. The first kappa shape index (κ1) is 81.2. The molecule has 0 radical (unpaired) electrons. The van der Waals surface area contributed by atoms with E-state index in [-0.39, 0.29) is 44.3 Å². The Balaban J connectivity index is 0.000000315. The molecule has 4 saturated heterocycles. The van der Waals surface area contributed by atoms with Crippen LogP contribution in [0.1, 0.15) is 306 Å². The Bertz CT molecular complexity index is 2680. The Kier molecular flexibility index (Phi) is 40.6. The standard InChI is InChI=1S/C54H86O8.C30H40O7/c1-4-5-6-7-8-9-10-11-12-13-14-18-21-24-33-40-49(55)57-42-47(59-50(56)41-34-25-22-19-16-15-17-20-23-28-35-44(2)3)51-52-48(60-54(62-51)46-38-31-27-32-39-46)43-58-53(61-52)45-36-29-26-30-37-45;1-2-3-4-5-6-7-14-19-26(32)33-20-24(31)27-28-25(35-30(36-27)23-17-12-9-13-18-23)21-34-29(37-28)22-15-10-8-11-16-22/h26-27,29-32,36-39,44,47-48,51-54H,4-25,28,33-35,40-43H2,1-3H3;8-13,15-18,24-25,27-31H,2-7,14,19-21H2,1H3. The fourth-order valence-electron chi connectivity index (χ4n) is 13.6. The van der Waals surface area contributed by atoms with Gasteiger partial charge in [0.05, 0.1) is 13.2 Å². The molecule has 0 saturated carbocycles. The molecule has 4 aliphatic rings. The average molecular weight is 1380 g/mol. The SMILES string of the molecule is CCCCCCCCCC(=O)OCC(O)C1OC(c2ccccc2)OC2COC(c3ccccc3)OC21.CCCCCCCCCCCCCCCCCC(=O)OCC(OC(=O)CCCCCCCCCCCCC(C)C)C1OC(c2ccccc2)OC2COC(c3ccccc3)OC21. The lowest BCUT2D eigenvalue weighted by Crippen LogP contribution is -2.59. The van der Waals surface area contributed by atoms with Crippen molar-refractivity contribution in [1.82, 2.24) is 0 Å². The number of benzene rings is 4. The molecule has 4 fully saturated rings. The van der Waals surface area contributed by atoms with Crippen molar-refractivity contribution < 1.29 is 71.6 Å². The summed E-state index contributed by atoms with van der Waals surface area (Å²) in [6.45, 7) is 9.36. The van der Waals surface area contributed by atoms with Crippen molar-refractivity contribution >= 4 is 17.9 Å². The van der Waals surface area contributed by atoms with Crippen LogP contribution in [0.2, 0.25) is 0 Å². The van der Waals surface area contributed by atoms with E-state index in [1.165, 1.54) is 154 Å². The van der Waals surface area contributed by atoms with Gasteiger partial charge in [0, 0.05) is 41.5 Å². The lowest BCUT2D eigenvalue weighted by atomic mass is 9.99. The largest absolute Gasteiger partial charge is 0.463 e. The number of fused-ring (bicyclic) bond motifs is 2. The number of ether oxygens (including phenoxy) is 11. The monoisotopic (exact) mass is 1370 g/mol. The van der Waals surface area contributed by atoms with Crippen LogP contribution in [-0.4, -0.2) is 98.3 Å². The Morgan fingerprint density at radius 1 is 0.374 bits per heavy atom. The minimum Gasteiger partial charge on any atom is -0.463 e. The van der Waals surface area contributed by atoms with E-state index in [0.717, 1.165) is 86.0 Å². The lowest BCUT2D eigenvalue weighted by molar-refractivity contribution is -0.373. The van der Waals surface area contributed by atoms with Crippen molar-refractivity contribution in [3.63, 3.8) is 0 Å². The summed E-state index contributed by atoms with van der Waals surface area (Å²) in [4.78, 5) is 39.1. The van der Waals surface area contributed by atoms with Crippen LogP contribution in [0.25, 0.3) is 0 Å². The first-order valence-electron chi connectivity index (χ1n) is 39.1. The molecular formula is C84H126O15. The smallest absolute Gasteiger partial charge is 0.306 e. The summed E-state index contributed by atoms with van der Waals surface area (Å²) in [6, 6.07) is 38.7. The average Bonchev–Trinajstić information content (AvgIpc) is 0.786. The molecule has 1 N–H and O–H groups in total. The van der Waals surface area contributed by atoms with Gasteiger partial charge in [-0.3, -0.25) is 14.4 Å². The number of unbranched alkanes of at least 4 members (excludes halogenated alkanes) is 29. The molecule has 0 amide bonds. The molecule has 4 aromatic carbocycles. The Hall–Kier alpha value is -5.07. The molecule has 15 heteroatoms. The van der Waals surface area contributed by atoms with Crippen LogP contribution in [0.4, 0.5) is 0 Å². The van der Waals surface area contributed by atoms with Crippen LogP contribution < -0.4 is 0 Å². The van der Waals surface area contributed by atoms with Crippen molar-refractivity contribution in [1.29, 1.82) is 0 Å². The van der Waals surface area contributed by atoms with Crippen molar-refractivity contribution in [3.05, 3.63) is 144 Å². The summed E-state index contributed by atoms with van der Waals surface area (Å²) in [7, 11) is 0. The minimum absolute atomic E-state index is 0.115. The first-order chi connectivity index (χ1) is 48.6. The molecule has 15 nitrogen and oxygen atoms in total. The summed E-state index contributed by atoms with van der Waals surface area (Å²) < 4.78 is 68.0. The Morgan fingerprint density at radius 3 is 1.06 bits per heavy atom. The van der Waals surface area contributed by atoms with Crippen LogP contribution in [-0.2, 0) is 66.5 Å². The van der Waals surface area contributed by atoms with Gasteiger partial charge in [-0.05, 0) is 25.2 Å². The maximum absolute atomic E-state index is 13.6. The van der Waals surface area contributed by atoms with Crippen molar-refractivity contribution in [2.45, 2.75) is 333 Å². The maximum Gasteiger partial charge on any atom is 0.306 e. The number of aliphatic hydroxyl groups excluding tert-OH is 1. The third kappa shape index (κ3) is 31.6. The van der Waals surface area contributed by atoms with Gasteiger partial charge in [-0.2, -0.15) is 0 Å². The molecule has 0 aliphatic carbocycles. The summed E-state index contributed by atoms with van der Waals surface area (Å²) in [5, 5.41) is 11.1. The molecule has 4 heterocycles. The maximum atomic E-state index is 13.6. The van der Waals surface area contributed by atoms with Crippen LogP contribution in [0.15, 0.2) is 121 Å². The number of hydrogen-bond acceptors (Lipinski definition) is 15.